The molecule has 0 heterocycles. The first-order valence-electron chi connectivity index (χ1n) is 5.71. The minimum atomic E-state index is 0.417. The Morgan fingerprint density at radius 1 is 1.33 bits per heavy atom. The average Bonchev–Trinajstić information content (AvgIpc) is 2.43. The highest BCUT2D eigenvalue weighted by atomic mass is 16.6. The van der Waals surface area contributed by atoms with Crippen molar-refractivity contribution >= 4 is 17.8 Å². The molecule has 0 fully saturated rings. The lowest BCUT2D eigenvalue weighted by Crippen LogP contribution is -1.93. The van der Waals surface area contributed by atoms with E-state index >= 15 is 0 Å². The maximum absolute atomic E-state index is 10.6. The minimum absolute atomic E-state index is 0.417. The molecular weight excluding hydrogens is 230 g/mol. The van der Waals surface area contributed by atoms with E-state index in [4.69, 9.17) is 9.57 Å². The lowest BCUT2D eigenvalue weighted by Gasteiger charge is -2.06. The van der Waals surface area contributed by atoms with E-state index in [-0.39, 0.29) is 0 Å². The summed E-state index contributed by atoms with van der Waals surface area (Å²) in [4.78, 5) is 15.9. The molecule has 4 nitrogen and oxygen atoms in total. The van der Waals surface area contributed by atoms with Gasteiger partial charge in [-0.1, -0.05) is 12.1 Å². The summed E-state index contributed by atoms with van der Waals surface area (Å²) < 4.78 is 5.07. The fourth-order valence-electron chi connectivity index (χ4n) is 1.19. The molecule has 1 rings (SSSR count). The molecule has 18 heavy (non-hydrogen) atoms. The van der Waals surface area contributed by atoms with Crippen molar-refractivity contribution in [2.45, 2.75) is 20.3 Å². The van der Waals surface area contributed by atoms with Crippen LogP contribution in [0.1, 0.15) is 25.8 Å². The number of benzene rings is 1. The van der Waals surface area contributed by atoms with Crippen LogP contribution in [0, 0.1) is 0 Å². The summed E-state index contributed by atoms with van der Waals surface area (Å²) in [7, 11) is 1.60. The van der Waals surface area contributed by atoms with E-state index < -0.39 is 0 Å². The predicted molar refractivity (Wildman–Crippen MR) is 71.5 cm³/mol. The number of carbonyl (C=O) groups is 1. The van der Waals surface area contributed by atoms with E-state index in [1.54, 1.807) is 19.2 Å². The molecule has 0 amide bonds. The predicted octanol–water partition coefficient (Wildman–Crippen LogP) is 3.04. The van der Waals surface area contributed by atoms with Crippen LogP contribution in [-0.2, 0) is 9.63 Å². The van der Waals surface area contributed by atoms with E-state index in [0.29, 0.717) is 12.0 Å². The van der Waals surface area contributed by atoms with E-state index in [1.165, 1.54) is 6.08 Å². The van der Waals surface area contributed by atoms with Crippen molar-refractivity contribution in [3.8, 4) is 5.75 Å². The Hall–Kier alpha value is -2.10. The molecule has 96 valence electrons. The Kier molecular flexibility index (Phi) is 5.64. The molecule has 0 radical (unpaired) electrons. The molecule has 0 saturated heterocycles. The summed E-state index contributed by atoms with van der Waals surface area (Å²) in [6, 6.07) is 7.22. The number of allylic oxidation sites excluding steroid dienone is 1. The fourth-order valence-corrected chi connectivity index (χ4v) is 1.19. The summed E-state index contributed by atoms with van der Waals surface area (Å²) in [5, 5.41) is 3.94. The van der Waals surface area contributed by atoms with Crippen molar-refractivity contribution in [1.82, 2.24) is 0 Å². The van der Waals surface area contributed by atoms with Crippen LogP contribution >= 0.6 is 0 Å². The molecule has 0 aromatic heterocycles. The lowest BCUT2D eigenvalue weighted by molar-refractivity contribution is -0.104. The van der Waals surface area contributed by atoms with Crippen molar-refractivity contribution < 1.29 is 14.4 Å². The third-order valence-electron chi connectivity index (χ3n) is 2.41. The second-order valence-corrected chi connectivity index (χ2v) is 3.67. The van der Waals surface area contributed by atoms with Gasteiger partial charge in [0.25, 0.3) is 0 Å². The first kappa shape index (κ1) is 14.0. The van der Waals surface area contributed by atoms with Crippen molar-refractivity contribution in [3.63, 3.8) is 0 Å². The zero-order valence-electron chi connectivity index (χ0n) is 10.8. The van der Waals surface area contributed by atoms with Crippen LogP contribution in [0.4, 0.5) is 0 Å². The van der Waals surface area contributed by atoms with Gasteiger partial charge in [0.1, 0.15) is 12.0 Å². The molecule has 0 aliphatic carbocycles. The van der Waals surface area contributed by atoms with Crippen molar-refractivity contribution in [2.75, 3.05) is 7.11 Å². The van der Waals surface area contributed by atoms with Gasteiger partial charge in [-0.3, -0.25) is 4.79 Å². The number of oxime groups is 1. The summed E-state index contributed by atoms with van der Waals surface area (Å²) in [6.45, 7) is 3.85. The van der Waals surface area contributed by atoms with E-state index in [1.807, 2.05) is 26.0 Å². The Bertz CT molecular complexity index is 447. The summed E-state index contributed by atoms with van der Waals surface area (Å²) in [6.07, 6.45) is 2.82. The Morgan fingerprint density at radius 2 is 2.00 bits per heavy atom. The van der Waals surface area contributed by atoms with E-state index in [9.17, 15) is 4.79 Å². The van der Waals surface area contributed by atoms with Gasteiger partial charge >= 0.3 is 0 Å². The Balaban J connectivity index is 2.91. The molecule has 0 N–H and O–H groups in total. The molecule has 1 aromatic carbocycles. The van der Waals surface area contributed by atoms with Crippen molar-refractivity contribution in [2.24, 2.45) is 5.16 Å². The number of carbonyl (C=O) groups excluding carboxylic acids is 1. The third kappa shape index (κ3) is 4.05. The second-order valence-electron chi connectivity index (χ2n) is 3.67. The molecule has 0 saturated carbocycles. The number of nitrogens with zero attached hydrogens (tertiary/aromatic N) is 1. The van der Waals surface area contributed by atoms with Gasteiger partial charge in [-0.25, -0.2) is 0 Å². The first-order chi connectivity index (χ1) is 8.71. The van der Waals surface area contributed by atoms with Gasteiger partial charge in [0, 0.05) is 11.6 Å². The van der Waals surface area contributed by atoms with Crippen LogP contribution in [0.2, 0.25) is 0 Å². The highest BCUT2D eigenvalue weighted by Crippen LogP contribution is 2.19. The number of methoxy groups -OCH3 is 1. The maximum Gasteiger partial charge on any atom is 0.168 e. The molecule has 0 bridgehead atoms. The lowest BCUT2D eigenvalue weighted by atomic mass is 10.2. The highest BCUT2D eigenvalue weighted by Gasteiger charge is 2.03. The number of hydrogen-bond donors (Lipinski definition) is 0. The quantitative estimate of drug-likeness (QED) is 0.255. The fraction of sp³-hybridized carbons (Fsp3) is 0.286. The summed E-state index contributed by atoms with van der Waals surface area (Å²) in [5.74, 6) is 1.16. The zero-order valence-corrected chi connectivity index (χ0v) is 10.8. The van der Waals surface area contributed by atoms with Crippen LogP contribution in [0.3, 0.4) is 0 Å². The topological polar surface area (TPSA) is 47.9 Å². The molecule has 1 aromatic rings. The third-order valence-corrected chi connectivity index (χ3v) is 2.41. The minimum Gasteiger partial charge on any atom is -0.497 e. The first-order valence-corrected chi connectivity index (χ1v) is 5.71. The van der Waals surface area contributed by atoms with E-state index in [0.717, 1.165) is 23.4 Å². The van der Waals surface area contributed by atoms with Crippen LogP contribution in [0.5, 0.6) is 5.75 Å². The van der Waals surface area contributed by atoms with Crippen molar-refractivity contribution in [3.05, 3.63) is 35.9 Å². The Morgan fingerprint density at radius 3 is 2.50 bits per heavy atom. The van der Waals surface area contributed by atoms with Crippen LogP contribution in [0.15, 0.2) is 35.5 Å². The van der Waals surface area contributed by atoms with Gasteiger partial charge < -0.3 is 9.57 Å². The molecule has 0 unspecified atom stereocenters. The normalized spacial score (nSPS) is 12.2. The SMILES string of the molecule is CC/C(C)=N/O/C(=C/C=O)c1ccc(OC)cc1. The van der Waals surface area contributed by atoms with Crippen LogP contribution in [0.25, 0.3) is 5.76 Å². The molecule has 0 aliphatic rings. The molecular formula is C14H17NO3. The number of aldehydes is 1. The second kappa shape index (κ2) is 7.27. The Labute approximate surface area is 107 Å². The van der Waals surface area contributed by atoms with Crippen LogP contribution < -0.4 is 4.74 Å². The van der Waals surface area contributed by atoms with Crippen LogP contribution in [-0.4, -0.2) is 19.1 Å². The van der Waals surface area contributed by atoms with Crippen molar-refractivity contribution in [1.29, 1.82) is 0 Å². The van der Waals surface area contributed by atoms with Gasteiger partial charge in [0.2, 0.25) is 0 Å². The molecule has 0 atom stereocenters. The number of hydrogen-bond acceptors (Lipinski definition) is 4. The smallest absolute Gasteiger partial charge is 0.168 e. The highest BCUT2D eigenvalue weighted by molar-refractivity contribution is 5.82. The van der Waals surface area contributed by atoms with Gasteiger partial charge in [0.05, 0.1) is 12.8 Å². The molecule has 0 aliphatic heterocycles. The number of ether oxygens (including phenoxy) is 1. The largest absolute Gasteiger partial charge is 0.497 e. The zero-order chi connectivity index (χ0) is 13.4. The maximum atomic E-state index is 10.6. The molecule has 0 spiro atoms. The summed E-state index contributed by atoms with van der Waals surface area (Å²) in [5.41, 5.74) is 1.64. The standard InChI is InChI=1S/C14H17NO3/c1-4-11(2)15-18-14(9-10-16)12-5-7-13(17-3)8-6-12/h5-10H,4H2,1-3H3/b14-9+,15-11+. The van der Waals surface area contributed by atoms with Gasteiger partial charge in [-0.05, 0) is 37.6 Å². The van der Waals surface area contributed by atoms with E-state index in [2.05, 4.69) is 5.16 Å². The number of rotatable bonds is 6. The average molecular weight is 247 g/mol. The van der Waals surface area contributed by atoms with Gasteiger partial charge in [0.15, 0.2) is 5.76 Å². The van der Waals surface area contributed by atoms with Gasteiger partial charge in [-0.15, -0.1) is 0 Å². The summed E-state index contributed by atoms with van der Waals surface area (Å²) >= 11 is 0. The van der Waals surface area contributed by atoms with Gasteiger partial charge in [-0.2, -0.15) is 0 Å². The monoisotopic (exact) mass is 247 g/mol. The molecule has 4 heteroatoms.